The summed E-state index contributed by atoms with van der Waals surface area (Å²) in [6, 6.07) is 10.5. The van der Waals surface area contributed by atoms with Crippen LogP contribution in [0.5, 0.6) is 0 Å². The molecule has 1 saturated heterocycles. The van der Waals surface area contributed by atoms with Crippen LogP contribution >= 0.6 is 0 Å². The van der Waals surface area contributed by atoms with Gasteiger partial charge in [0.2, 0.25) is 0 Å². The third-order valence-corrected chi connectivity index (χ3v) is 3.93. The van der Waals surface area contributed by atoms with Crippen molar-refractivity contribution in [1.29, 1.82) is 0 Å². The summed E-state index contributed by atoms with van der Waals surface area (Å²) in [5, 5.41) is 0. The average Bonchev–Trinajstić information content (AvgIpc) is 2.38. The van der Waals surface area contributed by atoms with E-state index < -0.39 is 0 Å². The summed E-state index contributed by atoms with van der Waals surface area (Å²) in [7, 11) is 0. The minimum Gasteiger partial charge on any atom is -0.426 e. The second kappa shape index (κ2) is 3.38. The minimum atomic E-state index is -0.0342. The Labute approximate surface area is 93.0 Å². The Morgan fingerprint density at radius 2 is 1.67 bits per heavy atom. The standard InChI is InChI=1S/C13H19BO/c1-12(2)10-14(15-13(12,3)4)11-8-6-5-7-9-11/h5-9H,10H2,1-4H3. The van der Waals surface area contributed by atoms with E-state index in [2.05, 4.69) is 58.0 Å². The van der Waals surface area contributed by atoms with Gasteiger partial charge in [-0.15, -0.1) is 0 Å². The van der Waals surface area contributed by atoms with Crippen molar-refractivity contribution in [2.75, 3.05) is 0 Å². The Hall–Kier alpha value is -0.755. The fourth-order valence-electron chi connectivity index (χ4n) is 2.12. The van der Waals surface area contributed by atoms with Crippen molar-refractivity contribution in [3.05, 3.63) is 30.3 Å². The van der Waals surface area contributed by atoms with Gasteiger partial charge in [0.25, 0.3) is 0 Å². The molecule has 0 aliphatic carbocycles. The molecular formula is C13H19BO. The molecule has 2 heteroatoms. The summed E-state index contributed by atoms with van der Waals surface area (Å²) in [5.41, 5.74) is 1.51. The van der Waals surface area contributed by atoms with Gasteiger partial charge in [0, 0.05) is 0 Å². The molecule has 15 heavy (non-hydrogen) atoms. The molecule has 0 aromatic heterocycles. The van der Waals surface area contributed by atoms with Crippen LogP contribution in [0.1, 0.15) is 27.7 Å². The van der Waals surface area contributed by atoms with Crippen LogP contribution in [0.15, 0.2) is 30.3 Å². The molecule has 0 saturated carbocycles. The molecule has 0 amide bonds. The van der Waals surface area contributed by atoms with E-state index in [9.17, 15) is 0 Å². The smallest absolute Gasteiger partial charge is 0.327 e. The third-order valence-electron chi connectivity index (χ3n) is 3.93. The maximum atomic E-state index is 6.15. The molecule has 1 aliphatic heterocycles. The molecule has 1 aliphatic rings. The predicted octanol–water partition coefficient (Wildman–Crippen LogP) is 2.72. The molecule has 0 unspecified atom stereocenters. The molecule has 0 atom stereocenters. The fourth-order valence-corrected chi connectivity index (χ4v) is 2.12. The van der Waals surface area contributed by atoms with Crippen molar-refractivity contribution in [2.45, 2.75) is 39.6 Å². The number of hydrogen-bond acceptors (Lipinski definition) is 1. The Balaban J connectivity index is 2.24. The highest BCUT2D eigenvalue weighted by Gasteiger charge is 2.49. The number of rotatable bonds is 1. The predicted molar refractivity (Wildman–Crippen MR) is 65.6 cm³/mol. The number of hydrogen-bond donors (Lipinski definition) is 0. The summed E-state index contributed by atoms with van der Waals surface area (Å²) in [5.74, 6) is 0. The first kappa shape index (κ1) is 10.8. The zero-order valence-corrected chi connectivity index (χ0v) is 10.1. The van der Waals surface area contributed by atoms with Gasteiger partial charge in [-0.3, -0.25) is 0 Å². The Morgan fingerprint density at radius 1 is 1.07 bits per heavy atom. The minimum absolute atomic E-state index is 0.0342. The Bertz CT molecular complexity index is 327. The van der Waals surface area contributed by atoms with Crippen LogP contribution in [-0.4, -0.2) is 12.5 Å². The fraction of sp³-hybridized carbons (Fsp3) is 0.538. The molecular weight excluding hydrogens is 183 g/mol. The van der Waals surface area contributed by atoms with Crippen molar-refractivity contribution in [3.8, 4) is 0 Å². The highest BCUT2D eigenvalue weighted by Crippen LogP contribution is 2.44. The van der Waals surface area contributed by atoms with E-state index in [-0.39, 0.29) is 17.9 Å². The lowest BCUT2D eigenvalue weighted by Gasteiger charge is -2.34. The van der Waals surface area contributed by atoms with E-state index in [0.29, 0.717) is 0 Å². The van der Waals surface area contributed by atoms with Crippen LogP contribution in [0, 0.1) is 5.41 Å². The van der Waals surface area contributed by atoms with Crippen molar-refractivity contribution < 1.29 is 4.65 Å². The topological polar surface area (TPSA) is 9.23 Å². The highest BCUT2D eigenvalue weighted by molar-refractivity contribution is 6.68. The molecule has 0 N–H and O–H groups in total. The molecule has 1 aromatic rings. The van der Waals surface area contributed by atoms with Gasteiger partial charge in [-0.05, 0) is 31.0 Å². The van der Waals surface area contributed by atoms with E-state index >= 15 is 0 Å². The molecule has 2 rings (SSSR count). The van der Waals surface area contributed by atoms with E-state index in [0.717, 1.165) is 6.32 Å². The molecule has 80 valence electrons. The van der Waals surface area contributed by atoms with Crippen molar-refractivity contribution in [2.24, 2.45) is 5.41 Å². The van der Waals surface area contributed by atoms with Crippen LogP contribution in [0.3, 0.4) is 0 Å². The first-order valence-corrected chi connectivity index (χ1v) is 5.65. The molecule has 1 nitrogen and oxygen atoms in total. The Kier molecular flexibility index (Phi) is 2.42. The van der Waals surface area contributed by atoms with Crippen LogP contribution < -0.4 is 5.46 Å². The van der Waals surface area contributed by atoms with Crippen LogP contribution in [0.2, 0.25) is 6.32 Å². The summed E-state index contributed by atoms with van der Waals surface area (Å²) in [6.45, 7) is 9.22. The van der Waals surface area contributed by atoms with Gasteiger partial charge < -0.3 is 4.65 Å². The van der Waals surface area contributed by atoms with E-state index in [1.165, 1.54) is 5.46 Å². The highest BCUT2D eigenvalue weighted by atomic mass is 16.5. The van der Waals surface area contributed by atoms with Gasteiger partial charge in [0.1, 0.15) is 0 Å². The van der Waals surface area contributed by atoms with Crippen LogP contribution in [-0.2, 0) is 4.65 Å². The lowest BCUT2D eigenvalue weighted by atomic mass is 9.54. The summed E-state index contributed by atoms with van der Waals surface area (Å²) in [4.78, 5) is 0. The van der Waals surface area contributed by atoms with Crippen LogP contribution in [0.25, 0.3) is 0 Å². The lowest BCUT2D eigenvalue weighted by Crippen LogP contribution is -2.36. The van der Waals surface area contributed by atoms with Gasteiger partial charge >= 0.3 is 6.92 Å². The van der Waals surface area contributed by atoms with Crippen LogP contribution in [0.4, 0.5) is 0 Å². The Morgan fingerprint density at radius 3 is 2.13 bits per heavy atom. The van der Waals surface area contributed by atoms with Crippen molar-refractivity contribution in [1.82, 2.24) is 0 Å². The third kappa shape index (κ3) is 1.83. The first-order valence-electron chi connectivity index (χ1n) is 5.65. The molecule has 1 heterocycles. The van der Waals surface area contributed by atoms with Gasteiger partial charge in [-0.25, -0.2) is 0 Å². The number of benzene rings is 1. The van der Waals surface area contributed by atoms with E-state index in [1.54, 1.807) is 0 Å². The summed E-state index contributed by atoms with van der Waals surface area (Å²) >= 11 is 0. The first-order chi connectivity index (χ1) is 6.92. The van der Waals surface area contributed by atoms with Crippen molar-refractivity contribution >= 4 is 12.4 Å². The van der Waals surface area contributed by atoms with Gasteiger partial charge in [-0.1, -0.05) is 44.2 Å². The quantitative estimate of drug-likeness (QED) is 0.636. The maximum absolute atomic E-state index is 6.15. The molecule has 0 radical (unpaired) electrons. The molecule has 1 aromatic carbocycles. The largest absolute Gasteiger partial charge is 0.426 e. The van der Waals surface area contributed by atoms with Gasteiger partial charge in [0.05, 0.1) is 5.60 Å². The monoisotopic (exact) mass is 202 g/mol. The second-order valence-electron chi connectivity index (χ2n) is 5.62. The van der Waals surface area contributed by atoms with E-state index in [4.69, 9.17) is 4.65 Å². The summed E-state index contributed by atoms with van der Waals surface area (Å²) in [6.07, 6.45) is 1.10. The normalized spacial score (nSPS) is 23.1. The molecule has 0 spiro atoms. The SMILES string of the molecule is CC1(C)CB(c2ccccc2)OC1(C)C. The maximum Gasteiger partial charge on any atom is 0.327 e. The van der Waals surface area contributed by atoms with Gasteiger partial charge in [-0.2, -0.15) is 0 Å². The molecule has 1 fully saturated rings. The zero-order chi connectivity index (χ0) is 11.1. The second-order valence-corrected chi connectivity index (χ2v) is 5.62. The zero-order valence-electron chi connectivity index (χ0n) is 10.1. The molecule has 0 bridgehead atoms. The summed E-state index contributed by atoms with van der Waals surface area (Å²) < 4.78 is 6.15. The van der Waals surface area contributed by atoms with Crippen molar-refractivity contribution in [3.63, 3.8) is 0 Å². The van der Waals surface area contributed by atoms with E-state index in [1.807, 2.05) is 0 Å². The average molecular weight is 202 g/mol. The van der Waals surface area contributed by atoms with Gasteiger partial charge in [0.15, 0.2) is 0 Å². The lowest BCUT2D eigenvalue weighted by molar-refractivity contribution is 0.0375.